The number of halogens is 2. The van der Waals surface area contributed by atoms with Gasteiger partial charge in [-0.05, 0) is 12.1 Å². The Balaban J connectivity index is 0.000000720. The number of rotatable bonds is 1. The third-order valence-corrected chi connectivity index (χ3v) is 1.94. The van der Waals surface area contributed by atoms with Crippen LogP contribution in [0, 0.1) is 0 Å². The van der Waals surface area contributed by atoms with Gasteiger partial charge in [0.25, 0.3) is 0 Å². The van der Waals surface area contributed by atoms with E-state index in [4.69, 9.17) is 5.73 Å². The van der Waals surface area contributed by atoms with Crippen LogP contribution in [0.3, 0.4) is 0 Å². The fourth-order valence-corrected chi connectivity index (χ4v) is 1.28. The second kappa shape index (κ2) is 5.27. The summed E-state index contributed by atoms with van der Waals surface area (Å²) in [7, 11) is 0. The van der Waals surface area contributed by atoms with Crippen LogP contribution in [0.4, 0.5) is 5.69 Å². The lowest BCUT2D eigenvalue weighted by Gasteiger charge is -2.38. The molecule has 1 saturated heterocycles. The van der Waals surface area contributed by atoms with Crippen molar-refractivity contribution in [2.75, 3.05) is 18.0 Å². The van der Waals surface area contributed by atoms with Crippen molar-refractivity contribution in [2.45, 2.75) is 6.04 Å². The third-order valence-electron chi connectivity index (χ3n) is 1.94. The van der Waals surface area contributed by atoms with E-state index >= 15 is 0 Å². The number of pyridine rings is 1. The number of aromatic nitrogens is 1. The summed E-state index contributed by atoms with van der Waals surface area (Å²) in [5.41, 5.74) is 6.87. The first-order valence-electron chi connectivity index (χ1n) is 3.77. The minimum atomic E-state index is 0. The molecule has 1 aliphatic heterocycles. The Kier molecular flexibility index (Phi) is 5.06. The zero-order valence-corrected chi connectivity index (χ0v) is 8.72. The first kappa shape index (κ1) is 12.5. The van der Waals surface area contributed by atoms with Crippen LogP contribution in [0.2, 0.25) is 0 Å². The molecule has 0 atom stereocenters. The molecule has 2 rings (SSSR count). The number of hydrogen-bond acceptors (Lipinski definition) is 3. The molecular weight excluding hydrogens is 209 g/mol. The molecule has 1 aliphatic rings. The van der Waals surface area contributed by atoms with E-state index in [-0.39, 0.29) is 24.8 Å². The summed E-state index contributed by atoms with van der Waals surface area (Å²) in [4.78, 5) is 6.19. The van der Waals surface area contributed by atoms with Gasteiger partial charge in [-0.2, -0.15) is 0 Å². The van der Waals surface area contributed by atoms with Crippen LogP contribution in [0.1, 0.15) is 0 Å². The summed E-state index contributed by atoms with van der Waals surface area (Å²) in [6.45, 7) is 1.95. The van der Waals surface area contributed by atoms with Crippen molar-refractivity contribution >= 4 is 30.5 Å². The average Bonchev–Trinajstić information content (AvgIpc) is 2.01. The average molecular weight is 222 g/mol. The zero-order chi connectivity index (χ0) is 7.68. The molecular formula is C8H13Cl2N3. The van der Waals surface area contributed by atoms with Crippen molar-refractivity contribution in [3.63, 3.8) is 0 Å². The van der Waals surface area contributed by atoms with Gasteiger partial charge in [0, 0.05) is 37.2 Å². The zero-order valence-electron chi connectivity index (χ0n) is 7.09. The molecule has 0 spiro atoms. The molecule has 5 heteroatoms. The van der Waals surface area contributed by atoms with Gasteiger partial charge >= 0.3 is 0 Å². The highest BCUT2D eigenvalue weighted by atomic mass is 35.5. The van der Waals surface area contributed by atoms with Gasteiger partial charge in [0.1, 0.15) is 0 Å². The Morgan fingerprint density at radius 3 is 2.23 bits per heavy atom. The lowest BCUT2D eigenvalue weighted by atomic mass is 10.1. The van der Waals surface area contributed by atoms with Gasteiger partial charge in [-0.25, -0.2) is 0 Å². The maximum atomic E-state index is 5.65. The smallest absolute Gasteiger partial charge is 0.0398 e. The van der Waals surface area contributed by atoms with Gasteiger partial charge in [0.15, 0.2) is 0 Å². The van der Waals surface area contributed by atoms with Crippen LogP contribution < -0.4 is 10.6 Å². The van der Waals surface area contributed by atoms with Crippen molar-refractivity contribution in [3.8, 4) is 0 Å². The van der Waals surface area contributed by atoms with Crippen LogP contribution in [0.5, 0.6) is 0 Å². The molecule has 0 aliphatic carbocycles. The molecule has 1 aromatic heterocycles. The van der Waals surface area contributed by atoms with Crippen molar-refractivity contribution < 1.29 is 0 Å². The summed E-state index contributed by atoms with van der Waals surface area (Å²) in [5.74, 6) is 0. The number of nitrogens with zero attached hydrogens (tertiary/aromatic N) is 2. The van der Waals surface area contributed by atoms with E-state index in [1.54, 1.807) is 12.4 Å². The molecule has 74 valence electrons. The highest BCUT2D eigenvalue weighted by Gasteiger charge is 2.22. The molecule has 0 radical (unpaired) electrons. The monoisotopic (exact) mass is 221 g/mol. The largest absolute Gasteiger partial charge is 0.368 e. The Hall–Kier alpha value is -0.510. The molecule has 13 heavy (non-hydrogen) atoms. The molecule has 2 heterocycles. The van der Waals surface area contributed by atoms with Gasteiger partial charge in [0.2, 0.25) is 0 Å². The lowest BCUT2D eigenvalue weighted by molar-refractivity contribution is 0.519. The normalized spacial score (nSPS) is 15.3. The van der Waals surface area contributed by atoms with Crippen LogP contribution in [-0.2, 0) is 0 Å². The summed E-state index contributed by atoms with van der Waals surface area (Å²) in [5, 5.41) is 0. The second-order valence-corrected chi connectivity index (χ2v) is 2.87. The number of nitrogens with two attached hydrogens (primary N) is 1. The minimum Gasteiger partial charge on any atom is -0.368 e. The molecule has 0 saturated carbocycles. The highest BCUT2D eigenvalue weighted by Crippen LogP contribution is 2.17. The summed E-state index contributed by atoms with van der Waals surface area (Å²) in [6.07, 6.45) is 3.61. The van der Waals surface area contributed by atoms with Gasteiger partial charge in [-0.15, -0.1) is 24.8 Å². The third kappa shape index (κ3) is 2.72. The molecule has 3 nitrogen and oxygen atoms in total. The predicted octanol–water partition coefficient (Wildman–Crippen LogP) is 1.07. The summed E-state index contributed by atoms with van der Waals surface area (Å²) >= 11 is 0. The van der Waals surface area contributed by atoms with E-state index in [1.165, 1.54) is 5.69 Å². The van der Waals surface area contributed by atoms with Crippen LogP contribution in [0.25, 0.3) is 0 Å². The predicted molar refractivity (Wildman–Crippen MR) is 58.9 cm³/mol. The number of hydrogen-bond donors (Lipinski definition) is 1. The van der Waals surface area contributed by atoms with Crippen LogP contribution >= 0.6 is 24.8 Å². The van der Waals surface area contributed by atoms with Gasteiger partial charge in [-0.3, -0.25) is 4.98 Å². The van der Waals surface area contributed by atoms with E-state index in [1.807, 2.05) is 12.1 Å². The Bertz CT molecular complexity index is 236. The minimum absolute atomic E-state index is 0. The molecule has 2 N–H and O–H groups in total. The van der Waals surface area contributed by atoms with Crippen molar-refractivity contribution in [1.82, 2.24) is 4.98 Å². The summed E-state index contributed by atoms with van der Waals surface area (Å²) < 4.78 is 0. The van der Waals surface area contributed by atoms with E-state index < -0.39 is 0 Å². The molecule has 0 amide bonds. The van der Waals surface area contributed by atoms with Gasteiger partial charge in [0.05, 0.1) is 0 Å². The molecule has 1 fully saturated rings. The highest BCUT2D eigenvalue weighted by molar-refractivity contribution is 5.85. The summed E-state index contributed by atoms with van der Waals surface area (Å²) in [6, 6.07) is 4.38. The van der Waals surface area contributed by atoms with Gasteiger partial charge in [-0.1, -0.05) is 0 Å². The van der Waals surface area contributed by atoms with Crippen molar-refractivity contribution in [2.24, 2.45) is 5.73 Å². The standard InChI is InChI=1S/C8H11N3.2ClH/c9-7-5-11(6-7)8-1-3-10-4-2-8;;/h1-4,7H,5-6,9H2;2*1H. The first-order chi connectivity index (χ1) is 5.36. The number of anilines is 1. The van der Waals surface area contributed by atoms with Gasteiger partial charge < -0.3 is 10.6 Å². The Morgan fingerprint density at radius 2 is 1.77 bits per heavy atom. The molecule has 0 unspecified atom stereocenters. The Labute approximate surface area is 90.1 Å². The lowest BCUT2D eigenvalue weighted by Crippen LogP contribution is -2.55. The quantitative estimate of drug-likeness (QED) is 0.772. The van der Waals surface area contributed by atoms with Crippen molar-refractivity contribution in [1.29, 1.82) is 0 Å². The van der Waals surface area contributed by atoms with Crippen molar-refractivity contribution in [3.05, 3.63) is 24.5 Å². The SMILES string of the molecule is Cl.Cl.NC1CN(c2ccncc2)C1. The molecule has 0 bridgehead atoms. The van der Waals surface area contributed by atoms with E-state index in [9.17, 15) is 0 Å². The van der Waals surface area contributed by atoms with E-state index in [0.717, 1.165) is 13.1 Å². The topological polar surface area (TPSA) is 42.1 Å². The first-order valence-corrected chi connectivity index (χ1v) is 3.77. The fraction of sp³-hybridized carbons (Fsp3) is 0.375. The fourth-order valence-electron chi connectivity index (χ4n) is 1.28. The maximum absolute atomic E-state index is 5.65. The molecule has 0 aromatic carbocycles. The van der Waals surface area contributed by atoms with E-state index in [2.05, 4.69) is 9.88 Å². The molecule has 1 aromatic rings. The second-order valence-electron chi connectivity index (χ2n) is 2.87. The Morgan fingerprint density at radius 1 is 1.23 bits per heavy atom. The van der Waals surface area contributed by atoms with Crippen LogP contribution in [0.15, 0.2) is 24.5 Å². The maximum Gasteiger partial charge on any atom is 0.0398 e. The van der Waals surface area contributed by atoms with Crippen LogP contribution in [-0.4, -0.2) is 24.1 Å². The van der Waals surface area contributed by atoms with E-state index in [0.29, 0.717) is 6.04 Å².